The highest BCUT2D eigenvalue weighted by Gasteiger charge is 2.47. The van der Waals surface area contributed by atoms with Gasteiger partial charge in [-0.25, -0.2) is 5.06 Å². The molecule has 7 heteroatoms. The molecule has 2 aliphatic rings. The van der Waals surface area contributed by atoms with Crippen LogP contribution in [0, 0.1) is 5.92 Å². The van der Waals surface area contributed by atoms with Gasteiger partial charge in [-0.1, -0.05) is 18.7 Å². The topological polar surface area (TPSA) is 74.5 Å². The van der Waals surface area contributed by atoms with Gasteiger partial charge >= 0.3 is 0 Å². The molecule has 2 aliphatic heterocycles. The molecule has 0 bridgehead atoms. The molecule has 2 rings (SSSR count). The van der Waals surface area contributed by atoms with E-state index in [4.69, 9.17) is 14.7 Å². The monoisotopic (exact) mass is 262 g/mol. The summed E-state index contributed by atoms with van der Waals surface area (Å²) in [5.74, 6) is -0.0406. The van der Waals surface area contributed by atoms with E-state index < -0.39 is 12.2 Å². The Morgan fingerprint density at radius 1 is 1.59 bits per heavy atom. The van der Waals surface area contributed by atoms with E-state index >= 15 is 0 Å². The van der Waals surface area contributed by atoms with Crippen LogP contribution in [0.15, 0.2) is 4.99 Å². The highest BCUT2D eigenvalue weighted by atomic mass is 32.2. The molecule has 17 heavy (non-hydrogen) atoms. The number of fused-ring (bicyclic) bond motifs is 1. The van der Waals surface area contributed by atoms with E-state index in [1.165, 1.54) is 11.8 Å². The Balaban J connectivity index is 2.12. The quantitative estimate of drug-likeness (QED) is 0.664. The summed E-state index contributed by atoms with van der Waals surface area (Å²) in [7, 11) is 3.34. The van der Waals surface area contributed by atoms with E-state index in [2.05, 4.69) is 4.99 Å². The van der Waals surface area contributed by atoms with Gasteiger partial charge in [-0.05, 0) is 0 Å². The van der Waals surface area contributed by atoms with Gasteiger partial charge in [0.15, 0.2) is 5.17 Å². The second-order valence-corrected chi connectivity index (χ2v) is 5.34. The molecule has 0 amide bonds. The van der Waals surface area contributed by atoms with Crippen molar-refractivity contribution in [1.29, 1.82) is 0 Å². The van der Waals surface area contributed by atoms with Crippen molar-refractivity contribution in [3.05, 3.63) is 0 Å². The van der Waals surface area contributed by atoms with E-state index in [-0.39, 0.29) is 24.0 Å². The van der Waals surface area contributed by atoms with Crippen molar-refractivity contribution in [2.75, 3.05) is 20.8 Å². The number of hydrogen-bond donors (Lipinski definition) is 2. The van der Waals surface area contributed by atoms with Gasteiger partial charge < -0.3 is 14.9 Å². The van der Waals surface area contributed by atoms with Crippen LogP contribution in [-0.2, 0) is 9.57 Å². The fourth-order valence-corrected chi connectivity index (χ4v) is 3.30. The second-order valence-electron chi connectivity index (χ2n) is 4.28. The number of hydroxylamine groups is 2. The Morgan fingerprint density at radius 3 is 2.88 bits per heavy atom. The zero-order valence-electron chi connectivity index (χ0n) is 10.1. The standard InChI is InChI=1S/C10H18N2O4S/c1-5-7-9(16-6(4-13)8(5)14)17-10(11-7)12(2)15-3/h5-9,13-14H,4H2,1-3H3/t5-,6+,7+,8-,9+/m0/s1. The highest BCUT2D eigenvalue weighted by Crippen LogP contribution is 2.39. The normalized spacial score (nSPS) is 41.0. The van der Waals surface area contributed by atoms with Gasteiger partial charge in [0, 0.05) is 13.0 Å². The van der Waals surface area contributed by atoms with E-state index in [1.807, 2.05) is 6.92 Å². The number of aliphatic hydroxyl groups excluding tert-OH is 2. The highest BCUT2D eigenvalue weighted by molar-refractivity contribution is 8.14. The summed E-state index contributed by atoms with van der Waals surface area (Å²) in [6.45, 7) is 1.75. The predicted octanol–water partition coefficient (Wildman–Crippen LogP) is -0.335. The average Bonchev–Trinajstić information content (AvgIpc) is 2.76. The predicted molar refractivity (Wildman–Crippen MR) is 64.5 cm³/mol. The van der Waals surface area contributed by atoms with Gasteiger partial charge in [-0.3, -0.25) is 9.83 Å². The molecule has 0 aromatic carbocycles. The zero-order chi connectivity index (χ0) is 12.6. The lowest BCUT2D eigenvalue weighted by Crippen LogP contribution is -2.51. The first kappa shape index (κ1) is 13.1. The van der Waals surface area contributed by atoms with Crippen molar-refractivity contribution in [1.82, 2.24) is 5.06 Å². The second kappa shape index (κ2) is 5.11. The average molecular weight is 262 g/mol. The minimum absolute atomic E-state index is 0.0406. The van der Waals surface area contributed by atoms with Crippen molar-refractivity contribution in [2.45, 2.75) is 30.6 Å². The Bertz CT molecular complexity index is 315. The third-order valence-electron chi connectivity index (χ3n) is 3.25. The lowest BCUT2D eigenvalue weighted by Gasteiger charge is -2.38. The largest absolute Gasteiger partial charge is 0.394 e. The van der Waals surface area contributed by atoms with Gasteiger partial charge in [0.25, 0.3) is 0 Å². The fourth-order valence-electron chi connectivity index (χ4n) is 2.04. The molecule has 1 saturated heterocycles. The summed E-state index contributed by atoms with van der Waals surface area (Å²) >= 11 is 1.46. The molecule has 0 spiro atoms. The third-order valence-corrected chi connectivity index (χ3v) is 4.45. The van der Waals surface area contributed by atoms with E-state index in [1.54, 1.807) is 19.2 Å². The molecule has 2 heterocycles. The van der Waals surface area contributed by atoms with E-state index in [0.717, 1.165) is 5.17 Å². The van der Waals surface area contributed by atoms with Gasteiger partial charge in [0.1, 0.15) is 11.5 Å². The van der Waals surface area contributed by atoms with Gasteiger partial charge in [-0.2, -0.15) is 0 Å². The maximum absolute atomic E-state index is 9.96. The molecule has 0 aliphatic carbocycles. The van der Waals surface area contributed by atoms with E-state index in [9.17, 15) is 5.11 Å². The third kappa shape index (κ3) is 2.30. The number of thioether (sulfide) groups is 1. The number of ether oxygens (including phenoxy) is 1. The SMILES string of the molecule is CON(C)C1=N[C@@H]2[C@H](C)[C@H](O)[C@@H](CO)O[C@@H]2S1. The fraction of sp³-hybridized carbons (Fsp3) is 0.900. The summed E-state index contributed by atoms with van der Waals surface area (Å²) in [4.78, 5) is 9.56. The lowest BCUT2D eigenvalue weighted by atomic mass is 9.90. The molecule has 0 aromatic heterocycles. The first-order valence-electron chi connectivity index (χ1n) is 5.55. The maximum Gasteiger partial charge on any atom is 0.186 e. The summed E-state index contributed by atoms with van der Waals surface area (Å²) in [6.07, 6.45) is -1.21. The summed E-state index contributed by atoms with van der Waals surface area (Å²) in [6, 6.07) is -0.0922. The maximum atomic E-state index is 9.96. The zero-order valence-corrected chi connectivity index (χ0v) is 10.9. The molecule has 98 valence electrons. The van der Waals surface area contributed by atoms with Gasteiger partial charge in [0.05, 0.1) is 25.9 Å². The number of hydrogen-bond acceptors (Lipinski definition) is 7. The number of nitrogens with zero attached hydrogens (tertiary/aromatic N) is 2. The first-order chi connectivity index (χ1) is 8.08. The van der Waals surface area contributed by atoms with Crippen molar-refractivity contribution in [2.24, 2.45) is 10.9 Å². The summed E-state index contributed by atoms with van der Waals surface area (Å²) in [5.41, 5.74) is -0.154. The minimum Gasteiger partial charge on any atom is -0.394 e. The van der Waals surface area contributed by atoms with Crippen LogP contribution in [0.1, 0.15) is 6.92 Å². The number of aliphatic imine (C=N–C) groups is 1. The van der Waals surface area contributed by atoms with Gasteiger partial charge in [-0.15, -0.1) is 0 Å². The minimum atomic E-state index is -0.683. The van der Waals surface area contributed by atoms with Crippen molar-refractivity contribution < 1.29 is 19.8 Å². The number of amidine groups is 1. The first-order valence-corrected chi connectivity index (χ1v) is 6.43. The van der Waals surface area contributed by atoms with Crippen LogP contribution in [0.4, 0.5) is 0 Å². The molecule has 5 atom stereocenters. The molecule has 0 aromatic rings. The van der Waals surface area contributed by atoms with Crippen LogP contribution in [0.2, 0.25) is 0 Å². The molecule has 0 radical (unpaired) electrons. The summed E-state index contributed by atoms with van der Waals surface area (Å²) in [5, 5.41) is 21.4. The van der Waals surface area contributed by atoms with E-state index in [0.29, 0.717) is 0 Å². The van der Waals surface area contributed by atoms with Gasteiger partial charge in [0.2, 0.25) is 0 Å². The Kier molecular flexibility index (Phi) is 3.94. The van der Waals surface area contributed by atoms with Crippen molar-refractivity contribution in [3.63, 3.8) is 0 Å². The Morgan fingerprint density at radius 2 is 2.29 bits per heavy atom. The molecule has 0 saturated carbocycles. The summed E-state index contributed by atoms with van der Waals surface area (Å²) < 4.78 is 5.63. The molecule has 1 fully saturated rings. The van der Waals surface area contributed by atoms with Crippen molar-refractivity contribution >= 4 is 16.9 Å². The van der Waals surface area contributed by atoms with Crippen LogP contribution in [0.25, 0.3) is 0 Å². The Labute approximate surface area is 105 Å². The molecular formula is C10H18N2O4S. The number of aliphatic hydroxyl groups is 2. The lowest BCUT2D eigenvalue weighted by molar-refractivity contribution is -0.136. The van der Waals surface area contributed by atoms with Crippen molar-refractivity contribution in [3.8, 4) is 0 Å². The molecule has 6 nitrogen and oxygen atoms in total. The van der Waals surface area contributed by atoms with Crippen LogP contribution in [0.3, 0.4) is 0 Å². The number of rotatable bonds is 2. The molecule has 0 unspecified atom stereocenters. The van der Waals surface area contributed by atoms with Crippen LogP contribution >= 0.6 is 11.8 Å². The smallest absolute Gasteiger partial charge is 0.186 e. The van der Waals surface area contributed by atoms with Crippen LogP contribution in [0.5, 0.6) is 0 Å². The Hall–Kier alpha value is -0.340. The van der Waals surface area contributed by atoms with Crippen LogP contribution < -0.4 is 0 Å². The molecular weight excluding hydrogens is 244 g/mol. The molecule has 2 N–H and O–H groups in total. The van der Waals surface area contributed by atoms with Crippen LogP contribution in [-0.4, -0.2) is 64.9 Å².